The quantitative estimate of drug-likeness (QED) is 0.337. The third kappa shape index (κ3) is 5.37. The molecule has 152 valence electrons. The first-order valence-corrected chi connectivity index (χ1v) is 10.1. The van der Waals surface area contributed by atoms with Crippen LogP contribution in [0.25, 0.3) is 0 Å². The van der Waals surface area contributed by atoms with E-state index in [-0.39, 0.29) is 41.3 Å². The molecule has 0 unspecified atom stereocenters. The van der Waals surface area contributed by atoms with Gasteiger partial charge in [0.2, 0.25) is 5.88 Å². The van der Waals surface area contributed by atoms with Gasteiger partial charge in [0.05, 0.1) is 12.2 Å². The van der Waals surface area contributed by atoms with E-state index in [2.05, 4.69) is 14.2 Å². The Morgan fingerprint density at radius 3 is 2.44 bits per heavy atom. The van der Waals surface area contributed by atoms with Gasteiger partial charge in [-0.1, -0.05) is 32.5 Å². The third-order valence-electron chi connectivity index (χ3n) is 3.38. The minimum absolute atomic E-state index is 0.0169. The molecule has 27 heavy (non-hydrogen) atoms. The number of fused-ring (bicyclic) bond motifs is 1. The maximum Gasteiger partial charge on any atom is 0.534 e. The molecular weight excluding hydrogens is 411 g/mol. The van der Waals surface area contributed by atoms with Crippen molar-refractivity contribution in [1.82, 2.24) is 14.9 Å². The Morgan fingerprint density at radius 2 is 1.93 bits per heavy atom. The second-order valence-electron chi connectivity index (χ2n) is 7.02. The van der Waals surface area contributed by atoms with Gasteiger partial charge in [-0.05, 0) is 11.8 Å². The molecule has 8 nitrogen and oxygen atoms in total. The maximum absolute atomic E-state index is 12.7. The molecule has 0 radical (unpaired) electrons. The fraction of sp³-hybridized carbons (Fsp3) is 0.643. The summed E-state index contributed by atoms with van der Waals surface area (Å²) in [6.45, 7) is 5.55. The molecule has 0 aromatic carbocycles. The molecule has 1 aromatic rings. The summed E-state index contributed by atoms with van der Waals surface area (Å²) in [6, 6.07) is 0. The number of carbonyl (C=O) groups is 1. The van der Waals surface area contributed by atoms with Crippen LogP contribution in [0.4, 0.5) is 18.0 Å². The van der Waals surface area contributed by atoms with Crippen molar-refractivity contribution in [2.24, 2.45) is 5.41 Å². The molecule has 2 rings (SSSR count). The molecule has 13 heteroatoms. The molecular formula is C14H18F3N3O5S2. The summed E-state index contributed by atoms with van der Waals surface area (Å²) in [4.78, 5) is 20.2. The van der Waals surface area contributed by atoms with Crippen molar-refractivity contribution in [1.29, 1.82) is 0 Å². The van der Waals surface area contributed by atoms with E-state index in [0.29, 0.717) is 5.75 Å². The van der Waals surface area contributed by atoms with Gasteiger partial charge < -0.3 is 14.2 Å². The van der Waals surface area contributed by atoms with Gasteiger partial charge in [-0.15, -0.1) is 0 Å². The summed E-state index contributed by atoms with van der Waals surface area (Å²) in [5.41, 5.74) is -5.58. The molecule has 1 amide bonds. The largest absolute Gasteiger partial charge is 0.534 e. The number of alkyl halides is 3. The average Bonchev–Trinajstić information content (AvgIpc) is 2.50. The lowest BCUT2D eigenvalue weighted by Crippen LogP contribution is -2.36. The summed E-state index contributed by atoms with van der Waals surface area (Å²) in [5, 5.41) is 9.12. The number of rotatable bonds is 4. The lowest BCUT2D eigenvalue weighted by atomic mass is 10.0. The van der Waals surface area contributed by atoms with Gasteiger partial charge in [-0.25, -0.2) is 9.78 Å². The number of amides is 1. The van der Waals surface area contributed by atoms with Crippen LogP contribution < -0.4 is 4.18 Å². The highest BCUT2D eigenvalue weighted by molar-refractivity contribution is 7.99. The number of hydrogen-bond acceptors (Lipinski definition) is 7. The lowest BCUT2D eigenvalue weighted by Gasteiger charge is -2.27. The smallest absolute Gasteiger partial charge is 0.465 e. The predicted octanol–water partition coefficient (Wildman–Crippen LogP) is 2.88. The molecule has 1 N–H and O–H groups in total. The molecule has 0 aliphatic carbocycles. The monoisotopic (exact) mass is 429 g/mol. The Kier molecular flexibility index (Phi) is 5.85. The second-order valence-corrected chi connectivity index (χ2v) is 9.50. The Morgan fingerprint density at radius 1 is 1.30 bits per heavy atom. The first-order valence-electron chi connectivity index (χ1n) is 7.71. The fourth-order valence-corrected chi connectivity index (χ4v) is 3.43. The van der Waals surface area contributed by atoms with E-state index in [1.54, 1.807) is 0 Å². The summed E-state index contributed by atoms with van der Waals surface area (Å²) >= 11 is 1.11. The van der Waals surface area contributed by atoms with Crippen LogP contribution in [0.5, 0.6) is 5.88 Å². The van der Waals surface area contributed by atoms with Gasteiger partial charge in [0.1, 0.15) is 0 Å². The molecule has 0 atom stereocenters. The second kappa shape index (κ2) is 7.34. The van der Waals surface area contributed by atoms with E-state index in [4.69, 9.17) is 5.11 Å². The minimum atomic E-state index is -5.90. The minimum Gasteiger partial charge on any atom is -0.465 e. The van der Waals surface area contributed by atoms with Crippen molar-refractivity contribution >= 4 is 28.0 Å². The standard InChI is InChI=1S/C14H18F3N3O5S2/c1-13(2,3)7-26-11-18-9-6-20(12(21)22)5-4-8(9)10(19-11)25-27(23,24)14(15,16)17/h4-7H2,1-3H3,(H,21,22). The zero-order chi connectivity index (χ0) is 20.6. The third-order valence-corrected chi connectivity index (χ3v) is 5.78. The molecule has 0 spiro atoms. The summed E-state index contributed by atoms with van der Waals surface area (Å²) in [7, 11) is -5.90. The number of hydrogen-bond donors (Lipinski definition) is 1. The molecule has 1 aliphatic heterocycles. The van der Waals surface area contributed by atoms with Gasteiger partial charge in [-0.2, -0.15) is 26.6 Å². The number of nitrogens with zero attached hydrogens (tertiary/aromatic N) is 3. The first kappa shape index (κ1) is 21.5. The SMILES string of the molecule is CC(C)(C)CSc1nc2c(c(OS(=O)(=O)C(F)(F)F)n1)CCN(C(=O)O)C2. The van der Waals surface area contributed by atoms with Crippen LogP contribution in [-0.4, -0.2) is 52.3 Å². The molecule has 0 bridgehead atoms. The Balaban J connectivity index is 2.45. The van der Waals surface area contributed by atoms with E-state index < -0.39 is 27.6 Å². The number of aromatic nitrogens is 2. The zero-order valence-electron chi connectivity index (χ0n) is 14.7. The van der Waals surface area contributed by atoms with Gasteiger partial charge in [0.15, 0.2) is 5.16 Å². The molecule has 2 heterocycles. The highest BCUT2D eigenvalue weighted by atomic mass is 32.2. The van der Waals surface area contributed by atoms with E-state index >= 15 is 0 Å². The number of carboxylic acid groups (broad SMARTS) is 1. The molecule has 0 saturated carbocycles. The van der Waals surface area contributed by atoms with E-state index in [1.165, 1.54) is 0 Å². The predicted molar refractivity (Wildman–Crippen MR) is 90.0 cm³/mol. The number of thioether (sulfide) groups is 1. The lowest BCUT2D eigenvalue weighted by molar-refractivity contribution is -0.0502. The fourth-order valence-electron chi connectivity index (χ4n) is 2.10. The maximum atomic E-state index is 12.7. The van der Waals surface area contributed by atoms with Gasteiger partial charge in [0.25, 0.3) is 0 Å². The summed E-state index contributed by atoms with van der Waals surface area (Å²) < 4.78 is 65.1. The number of halogens is 3. The van der Waals surface area contributed by atoms with Crippen LogP contribution in [0.15, 0.2) is 5.16 Å². The van der Waals surface area contributed by atoms with Crippen LogP contribution in [0.2, 0.25) is 0 Å². The van der Waals surface area contributed by atoms with Crippen LogP contribution in [0, 0.1) is 5.41 Å². The van der Waals surface area contributed by atoms with E-state index in [9.17, 15) is 26.4 Å². The van der Waals surface area contributed by atoms with Crippen LogP contribution in [0.3, 0.4) is 0 Å². The van der Waals surface area contributed by atoms with Crippen molar-refractivity contribution in [3.63, 3.8) is 0 Å². The van der Waals surface area contributed by atoms with Crippen LogP contribution in [-0.2, 0) is 23.1 Å². The molecule has 0 fully saturated rings. The summed E-state index contributed by atoms with van der Waals surface area (Å²) in [6.07, 6.45) is -1.28. The Labute approximate surface area is 158 Å². The van der Waals surface area contributed by atoms with E-state index in [0.717, 1.165) is 16.7 Å². The van der Waals surface area contributed by atoms with Gasteiger partial charge >= 0.3 is 21.7 Å². The van der Waals surface area contributed by atoms with Gasteiger partial charge in [-0.3, -0.25) is 0 Å². The average molecular weight is 429 g/mol. The first-order chi connectivity index (χ1) is 12.2. The normalized spacial score (nSPS) is 15.4. The zero-order valence-corrected chi connectivity index (χ0v) is 16.3. The Bertz CT molecular complexity index is 838. The Hall–Kier alpha value is -1.76. The van der Waals surface area contributed by atoms with Crippen molar-refractivity contribution in [3.8, 4) is 5.88 Å². The van der Waals surface area contributed by atoms with Crippen molar-refractivity contribution in [3.05, 3.63) is 11.3 Å². The van der Waals surface area contributed by atoms with Crippen LogP contribution >= 0.6 is 11.8 Å². The van der Waals surface area contributed by atoms with E-state index in [1.807, 2.05) is 20.8 Å². The molecule has 0 saturated heterocycles. The van der Waals surface area contributed by atoms with Crippen molar-refractivity contribution < 1.29 is 35.7 Å². The van der Waals surface area contributed by atoms with Gasteiger partial charge in [0, 0.05) is 17.9 Å². The van der Waals surface area contributed by atoms with Crippen molar-refractivity contribution in [2.75, 3.05) is 12.3 Å². The highest BCUT2D eigenvalue weighted by Crippen LogP contribution is 2.34. The molecule has 1 aromatic heterocycles. The highest BCUT2D eigenvalue weighted by Gasteiger charge is 2.49. The summed E-state index contributed by atoms with van der Waals surface area (Å²) in [5.74, 6) is -0.210. The van der Waals surface area contributed by atoms with Crippen LogP contribution in [0.1, 0.15) is 32.0 Å². The topological polar surface area (TPSA) is 110 Å². The van der Waals surface area contributed by atoms with Crippen molar-refractivity contribution in [2.45, 2.75) is 44.4 Å². The molecule has 1 aliphatic rings.